The number of anilines is 4. The Morgan fingerprint density at radius 2 is 1.82 bits per heavy atom. The fraction of sp³-hybridized carbons (Fsp3) is 0.357. The number of ether oxygens (including phenoxy) is 1. The second-order valence-electron chi connectivity index (χ2n) is 9.55. The number of nitrogens with one attached hydrogen (secondary N) is 3. The highest BCUT2D eigenvalue weighted by atomic mass is 19.1. The van der Waals surface area contributed by atoms with Crippen LogP contribution in [-0.2, 0) is 0 Å². The van der Waals surface area contributed by atoms with Crippen molar-refractivity contribution in [1.82, 2.24) is 9.97 Å². The molecule has 1 saturated carbocycles. The topological polar surface area (TPSA) is 157 Å². The molecule has 10 nitrogen and oxygen atoms in total. The third-order valence-electron chi connectivity index (χ3n) is 6.52. The summed E-state index contributed by atoms with van der Waals surface area (Å²) in [6.07, 6.45) is 8.61. The van der Waals surface area contributed by atoms with E-state index in [0.717, 1.165) is 44.6 Å². The third kappa shape index (κ3) is 7.41. The summed E-state index contributed by atoms with van der Waals surface area (Å²) >= 11 is 0. The number of nitrogens with two attached hydrogens (primary N) is 2. The van der Waals surface area contributed by atoms with E-state index >= 15 is 0 Å². The first-order chi connectivity index (χ1) is 18.8. The second-order valence-corrected chi connectivity index (χ2v) is 9.55. The van der Waals surface area contributed by atoms with Gasteiger partial charge in [-0.3, -0.25) is 14.6 Å². The van der Waals surface area contributed by atoms with Crippen LogP contribution in [0, 0.1) is 5.82 Å². The van der Waals surface area contributed by atoms with Crippen LogP contribution in [-0.4, -0.2) is 40.5 Å². The van der Waals surface area contributed by atoms with Gasteiger partial charge in [0.1, 0.15) is 11.6 Å². The van der Waals surface area contributed by atoms with E-state index in [9.17, 15) is 14.0 Å². The molecule has 39 heavy (non-hydrogen) atoms. The van der Waals surface area contributed by atoms with Gasteiger partial charge < -0.3 is 32.2 Å². The molecule has 2 aromatic heterocycles. The van der Waals surface area contributed by atoms with E-state index in [1.54, 1.807) is 30.3 Å². The minimum Gasteiger partial charge on any atom is -0.494 e. The zero-order valence-corrected chi connectivity index (χ0v) is 21.9. The van der Waals surface area contributed by atoms with E-state index < -0.39 is 11.7 Å². The van der Waals surface area contributed by atoms with E-state index in [1.165, 1.54) is 12.4 Å². The van der Waals surface area contributed by atoms with Gasteiger partial charge in [0.2, 0.25) is 0 Å². The summed E-state index contributed by atoms with van der Waals surface area (Å²) in [6.45, 7) is 2.71. The first-order valence-corrected chi connectivity index (χ1v) is 13.1. The highest BCUT2D eigenvalue weighted by Crippen LogP contribution is 2.27. The average molecular weight is 536 g/mol. The number of carbonyl (C=O) groups excluding carboxylic acids is 2. The molecule has 7 N–H and O–H groups in total. The Bertz CT molecular complexity index is 1300. The quantitative estimate of drug-likeness (QED) is 0.223. The molecule has 0 unspecified atom stereocenters. The molecule has 4 rings (SSSR count). The van der Waals surface area contributed by atoms with Crippen molar-refractivity contribution in [1.29, 1.82) is 0 Å². The van der Waals surface area contributed by atoms with Crippen molar-refractivity contribution in [2.45, 2.75) is 57.5 Å². The Hall–Kier alpha value is -4.25. The summed E-state index contributed by atoms with van der Waals surface area (Å²) in [7, 11) is 0. The first-order valence-electron chi connectivity index (χ1n) is 13.1. The SMILES string of the molecule is CCCCOc1ccc(C(=O)Nc2cncc(Nc3nc(N[C@@H]4CCCC[C@@H]4N)c(F)cc3C(N)=O)c2)cc1. The number of aromatic nitrogens is 2. The summed E-state index contributed by atoms with van der Waals surface area (Å²) in [5, 5.41) is 8.85. The monoisotopic (exact) mass is 535 g/mol. The van der Waals surface area contributed by atoms with Crippen LogP contribution in [0.5, 0.6) is 5.75 Å². The van der Waals surface area contributed by atoms with Crippen molar-refractivity contribution >= 4 is 34.8 Å². The van der Waals surface area contributed by atoms with Gasteiger partial charge in [-0.05, 0) is 55.7 Å². The van der Waals surface area contributed by atoms with E-state index in [1.807, 2.05) is 0 Å². The van der Waals surface area contributed by atoms with Crippen molar-refractivity contribution < 1.29 is 18.7 Å². The molecule has 1 aliphatic rings. The number of hydrogen-bond acceptors (Lipinski definition) is 8. The number of rotatable bonds is 11. The largest absolute Gasteiger partial charge is 0.494 e. The summed E-state index contributed by atoms with van der Waals surface area (Å²) in [4.78, 5) is 33.3. The molecule has 3 aromatic rings. The Labute approximate surface area is 226 Å². The van der Waals surface area contributed by atoms with Crippen LogP contribution in [0.15, 0.2) is 48.8 Å². The van der Waals surface area contributed by atoms with Crippen molar-refractivity contribution in [2.24, 2.45) is 11.5 Å². The summed E-state index contributed by atoms with van der Waals surface area (Å²) in [6, 6.07) is 9.26. The Balaban J connectivity index is 1.48. The molecule has 0 bridgehead atoms. The summed E-state index contributed by atoms with van der Waals surface area (Å²) < 4.78 is 20.5. The van der Waals surface area contributed by atoms with Crippen LogP contribution in [0.25, 0.3) is 0 Å². The zero-order valence-electron chi connectivity index (χ0n) is 21.9. The van der Waals surface area contributed by atoms with Gasteiger partial charge in [0.15, 0.2) is 11.6 Å². The molecule has 0 spiro atoms. The minimum absolute atomic E-state index is 0.0237. The van der Waals surface area contributed by atoms with Crippen LogP contribution in [0.4, 0.5) is 27.4 Å². The van der Waals surface area contributed by atoms with E-state index in [-0.39, 0.29) is 35.2 Å². The van der Waals surface area contributed by atoms with E-state index in [2.05, 4.69) is 32.8 Å². The molecule has 2 atom stereocenters. The average Bonchev–Trinajstić information content (AvgIpc) is 2.92. The van der Waals surface area contributed by atoms with Gasteiger partial charge >= 0.3 is 0 Å². The maximum atomic E-state index is 14.8. The number of benzene rings is 1. The number of carbonyl (C=O) groups is 2. The van der Waals surface area contributed by atoms with Gasteiger partial charge in [-0.1, -0.05) is 26.2 Å². The number of amides is 2. The molecule has 206 valence electrons. The molecule has 11 heteroatoms. The number of hydrogen-bond donors (Lipinski definition) is 5. The third-order valence-corrected chi connectivity index (χ3v) is 6.52. The highest BCUT2D eigenvalue weighted by molar-refractivity contribution is 6.04. The fourth-order valence-electron chi connectivity index (χ4n) is 4.34. The summed E-state index contributed by atoms with van der Waals surface area (Å²) in [5.74, 6) is -1.15. The molecule has 1 fully saturated rings. The molecular weight excluding hydrogens is 501 g/mol. The fourth-order valence-corrected chi connectivity index (χ4v) is 4.34. The zero-order chi connectivity index (χ0) is 27.8. The smallest absolute Gasteiger partial charge is 0.255 e. The lowest BCUT2D eigenvalue weighted by atomic mass is 9.91. The van der Waals surface area contributed by atoms with Crippen molar-refractivity contribution in [3.05, 3.63) is 65.7 Å². The lowest BCUT2D eigenvalue weighted by molar-refractivity contribution is 0.0997. The Morgan fingerprint density at radius 1 is 1.08 bits per heavy atom. The molecule has 0 saturated heterocycles. The van der Waals surface area contributed by atoms with Crippen molar-refractivity contribution in [3.8, 4) is 5.75 Å². The molecular formula is C28H34FN7O3. The van der Waals surface area contributed by atoms with Gasteiger partial charge in [0.05, 0.1) is 35.9 Å². The van der Waals surface area contributed by atoms with Crippen LogP contribution in [0.3, 0.4) is 0 Å². The number of nitrogens with zero attached hydrogens (tertiary/aromatic N) is 2. The maximum Gasteiger partial charge on any atom is 0.255 e. The van der Waals surface area contributed by atoms with Crippen LogP contribution in [0.2, 0.25) is 0 Å². The number of halogens is 1. The predicted molar refractivity (Wildman–Crippen MR) is 149 cm³/mol. The van der Waals surface area contributed by atoms with Crippen molar-refractivity contribution in [2.75, 3.05) is 22.6 Å². The molecule has 1 aliphatic carbocycles. The summed E-state index contributed by atoms with van der Waals surface area (Å²) in [5.41, 5.74) is 12.8. The van der Waals surface area contributed by atoms with Crippen molar-refractivity contribution in [3.63, 3.8) is 0 Å². The van der Waals surface area contributed by atoms with Crippen LogP contribution >= 0.6 is 0 Å². The molecule has 0 aliphatic heterocycles. The van der Waals surface area contributed by atoms with Crippen LogP contribution < -0.4 is 32.2 Å². The molecule has 2 heterocycles. The molecule has 2 amide bonds. The maximum absolute atomic E-state index is 14.8. The van der Waals surface area contributed by atoms with E-state index in [0.29, 0.717) is 29.3 Å². The van der Waals surface area contributed by atoms with Crippen LogP contribution in [0.1, 0.15) is 66.2 Å². The highest BCUT2D eigenvalue weighted by Gasteiger charge is 2.24. The predicted octanol–water partition coefficient (Wildman–Crippen LogP) is 4.57. The lowest BCUT2D eigenvalue weighted by Crippen LogP contribution is -2.43. The molecule has 0 radical (unpaired) electrons. The van der Waals surface area contributed by atoms with Gasteiger partial charge in [0, 0.05) is 17.6 Å². The van der Waals surface area contributed by atoms with Gasteiger partial charge in [-0.15, -0.1) is 0 Å². The van der Waals surface area contributed by atoms with Gasteiger partial charge in [-0.2, -0.15) is 0 Å². The number of primary amides is 1. The minimum atomic E-state index is -0.843. The van der Waals surface area contributed by atoms with Gasteiger partial charge in [-0.25, -0.2) is 9.37 Å². The second kappa shape index (κ2) is 13.0. The number of pyridine rings is 2. The number of unbranched alkanes of at least 4 members (excludes halogenated alkanes) is 1. The Kier molecular flexibility index (Phi) is 9.27. The standard InChI is InChI=1S/C28H34FN7O3/c1-2-3-12-39-20-10-8-17(9-11-20)28(38)34-19-13-18(15-32-16-19)33-26-21(25(31)37)14-22(29)27(36-26)35-24-7-5-4-6-23(24)30/h8-11,13-16,23-24H,2-7,12,30H2,1H3,(H2,31,37)(H,34,38)(H2,33,35,36)/t23-,24+/m0/s1. The first kappa shape index (κ1) is 27.8. The lowest BCUT2D eigenvalue weighted by Gasteiger charge is -2.30. The Morgan fingerprint density at radius 3 is 2.54 bits per heavy atom. The van der Waals surface area contributed by atoms with Gasteiger partial charge in [0.25, 0.3) is 11.8 Å². The molecule has 1 aromatic carbocycles. The van der Waals surface area contributed by atoms with E-state index in [4.69, 9.17) is 16.2 Å². The normalized spacial score (nSPS) is 16.8.